The summed E-state index contributed by atoms with van der Waals surface area (Å²) < 4.78 is 1.93. The summed E-state index contributed by atoms with van der Waals surface area (Å²) in [6.45, 7) is 8.14. The predicted molar refractivity (Wildman–Crippen MR) is 87.8 cm³/mol. The number of likely N-dealkylation sites (tertiary alicyclic amines) is 1. The summed E-state index contributed by atoms with van der Waals surface area (Å²) in [5, 5.41) is 8.96. The first-order chi connectivity index (χ1) is 10.5. The summed E-state index contributed by atoms with van der Waals surface area (Å²) in [4.78, 5) is 14.7. The Bertz CT molecular complexity index is 661. The maximum Gasteiger partial charge on any atom is 0.235 e. The van der Waals surface area contributed by atoms with Crippen LogP contribution in [-0.2, 0) is 4.79 Å². The van der Waals surface area contributed by atoms with Crippen molar-refractivity contribution in [3.63, 3.8) is 0 Å². The first-order valence-corrected chi connectivity index (χ1v) is 8.67. The molecule has 1 amide bonds. The Hall–Kier alpha value is -1.56. The number of carbonyl (C=O) groups excluding carboxylic acids is 1. The average molecular weight is 318 g/mol. The van der Waals surface area contributed by atoms with E-state index in [2.05, 4.69) is 24.0 Å². The van der Waals surface area contributed by atoms with Crippen LogP contribution in [-0.4, -0.2) is 43.7 Å². The molecule has 0 radical (unpaired) electrons. The van der Waals surface area contributed by atoms with E-state index in [9.17, 15) is 4.79 Å². The summed E-state index contributed by atoms with van der Waals surface area (Å²) >= 11 is 1.48. The molecule has 1 fully saturated rings. The number of fused-ring (bicyclic) bond motifs is 1. The van der Waals surface area contributed by atoms with E-state index < -0.39 is 0 Å². The highest BCUT2D eigenvalue weighted by atomic mass is 32.2. The molecule has 3 heterocycles. The molecule has 118 valence electrons. The van der Waals surface area contributed by atoms with Crippen molar-refractivity contribution in [3.8, 4) is 0 Å². The number of pyridine rings is 1. The molecule has 0 bridgehead atoms. The molecule has 1 aliphatic rings. The van der Waals surface area contributed by atoms with Crippen molar-refractivity contribution in [3.05, 3.63) is 24.4 Å². The lowest BCUT2D eigenvalue weighted by molar-refractivity contribution is -0.132. The monoisotopic (exact) mass is 318 g/mol. The second-order valence-corrected chi connectivity index (χ2v) is 7.67. The third-order valence-corrected chi connectivity index (χ3v) is 5.14. The number of hydrogen-bond acceptors (Lipinski definition) is 4. The zero-order chi connectivity index (χ0) is 15.7. The van der Waals surface area contributed by atoms with E-state index in [4.69, 9.17) is 0 Å². The predicted octanol–water partition coefficient (Wildman–Crippen LogP) is 2.71. The number of amides is 1. The Morgan fingerprint density at radius 2 is 2.00 bits per heavy atom. The van der Waals surface area contributed by atoms with Crippen molar-refractivity contribution in [1.29, 1.82) is 0 Å². The molecule has 1 aliphatic heterocycles. The zero-order valence-electron chi connectivity index (χ0n) is 13.3. The standard InChI is InChI=1S/C16H22N4OS/c1-11-8-12(2)10-19(9-11)15(21)13(3)22-16-18-17-14-6-4-5-7-20(14)16/h4-7,11-13H,8-10H2,1-3H3/t11-,12+,13-/m0/s1. The van der Waals surface area contributed by atoms with Crippen LogP contribution >= 0.6 is 11.8 Å². The van der Waals surface area contributed by atoms with Crippen molar-refractivity contribution in [2.75, 3.05) is 13.1 Å². The van der Waals surface area contributed by atoms with E-state index in [0.717, 1.165) is 23.9 Å². The van der Waals surface area contributed by atoms with Gasteiger partial charge in [-0.25, -0.2) is 0 Å². The van der Waals surface area contributed by atoms with E-state index in [-0.39, 0.29) is 11.2 Å². The van der Waals surface area contributed by atoms with Gasteiger partial charge in [-0.2, -0.15) is 0 Å². The fourth-order valence-corrected chi connectivity index (χ4v) is 4.13. The Balaban J connectivity index is 1.71. The number of aromatic nitrogens is 3. The minimum Gasteiger partial charge on any atom is -0.341 e. The van der Waals surface area contributed by atoms with E-state index in [1.807, 2.05) is 40.6 Å². The van der Waals surface area contributed by atoms with Gasteiger partial charge in [0.2, 0.25) is 5.91 Å². The summed E-state index contributed by atoms with van der Waals surface area (Å²) in [7, 11) is 0. The average Bonchev–Trinajstić information content (AvgIpc) is 2.89. The second-order valence-electron chi connectivity index (χ2n) is 6.36. The molecule has 1 saturated heterocycles. The summed E-state index contributed by atoms with van der Waals surface area (Å²) in [6.07, 6.45) is 3.14. The molecule has 0 spiro atoms. The van der Waals surface area contributed by atoms with Gasteiger partial charge in [0.05, 0.1) is 5.25 Å². The van der Waals surface area contributed by atoms with Gasteiger partial charge in [0, 0.05) is 19.3 Å². The highest BCUT2D eigenvalue weighted by Crippen LogP contribution is 2.27. The number of rotatable bonds is 3. The molecule has 0 aliphatic carbocycles. The lowest BCUT2D eigenvalue weighted by Crippen LogP contribution is -2.45. The number of carbonyl (C=O) groups is 1. The third kappa shape index (κ3) is 3.11. The van der Waals surface area contributed by atoms with Gasteiger partial charge in [-0.3, -0.25) is 9.20 Å². The summed E-state index contributed by atoms with van der Waals surface area (Å²) in [6, 6.07) is 5.79. The highest BCUT2D eigenvalue weighted by Gasteiger charge is 2.29. The van der Waals surface area contributed by atoms with Crippen LogP contribution in [0.25, 0.3) is 5.65 Å². The first kappa shape index (κ1) is 15.3. The molecular formula is C16H22N4OS. The van der Waals surface area contributed by atoms with Gasteiger partial charge in [0.15, 0.2) is 10.8 Å². The molecule has 0 aromatic carbocycles. The number of thioether (sulfide) groups is 1. The van der Waals surface area contributed by atoms with Gasteiger partial charge in [0.25, 0.3) is 0 Å². The molecule has 3 rings (SSSR count). The molecule has 0 N–H and O–H groups in total. The minimum atomic E-state index is -0.148. The lowest BCUT2D eigenvalue weighted by Gasteiger charge is -2.36. The van der Waals surface area contributed by atoms with Crippen LogP contribution in [0.3, 0.4) is 0 Å². The van der Waals surface area contributed by atoms with Crippen LogP contribution in [0.15, 0.2) is 29.6 Å². The van der Waals surface area contributed by atoms with Gasteiger partial charge in [-0.15, -0.1) is 10.2 Å². The quantitative estimate of drug-likeness (QED) is 0.817. The lowest BCUT2D eigenvalue weighted by atomic mass is 9.92. The first-order valence-electron chi connectivity index (χ1n) is 7.80. The van der Waals surface area contributed by atoms with E-state index in [1.165, 1.54) is 18.2 Å². The Morgan fingerprint density at radius 1 is 1.27 bits per heavy atom. The van der Waals surface area contributed by atoms with Gasteiger partial charge >= 0.3 is 0 Å². The summed E-state index contributed by atoms with van der Waals surface area (Å²) in [5.41, 5.74) is 0.810. The van der Waals surface area contributed by atoms with Gasteiger partial charge in [0.1, 0.15) is 0 Å². The van der Waals surface area contributed by atoms with E-state index in [0.29, 0.717) is 11.8 Å². The smallest absolute Gasteiger partial charge is 0.235 e. The fourth-order valence-electron chi connectivity index (χ4n) is 3.21. The van der Waals surface area contributed by atoms with Crippen LogP contribution in [0.5, 0.6) is 0 Å². The molecule has 0 unspecified atom stereocenters. The highest BCUT2D eigenvalue weighted by molar-refractivity contribution is 8.00. The maximum absolute atomic E-state index is 12.7. The Kier molecular flexibility index (Phi) is 4.38. The van der Waals surface area contributed by atoms with Crippen LogP contribution in [0, 0.1) is 11.8 Å². The molecule has 5 nitrogen and oxygen atoms in total. The molecule has 2 aromatic rings. The molecule has 0 saturated carbocycles. The summed E-state index contributed by atoms with van der Waals surface area (Å²) in [5.74, 6) is 1.37. The van der Waals surface area contributed by atoms with Gasteiger partial charge in [-0.05, 0) is 37.3 Å². The van der Waals surface area contributed by atoms with Crippen LogP contribution < -0.4 is 0 Å². The van der Waals surface area contributed by atoms with E-state index in [1.54, 1.807) is 0 Å². The minimum absolute atomic E-state index is 0.148. The van der Waals surface area contributed by atoms with Crippen molar-refractivity contribution >= 4 is 23.3 Å². The maximum atomic E-state index is 12.7. The normalized spacial score (nSPS) is 23.7. The Morgan fingerprint density at radius 3 is 2.73 bits per heavy atom. The topological polar surface area (TPSA) is 50.5 Å². The SMILES string of the molecule is C[C@@H]1C[C@H](C)CN(C(=O)[C@H](C)Sc2nnc3ccccn23)C1. The zero-order valence-corrected chi connectivity index (χ0v) is 14.1. The second kappa shape index (κ2) is 6.28. The van der Waals surface area contributed by atoms with Crippen LogP contribution in [0.2, 0.25) is 0 Å². The number of hydrogen-bond donors (Lipinski definition) is 0. The molecule has 3 atom stereocenters. The van der Waals surface area contributed by atoms with Gasteiger partial charge in [-0.1, -0.05) is 31.7 Å². The largest absolute Gasteiger partial charge is 0.341 e. The van der Waals surface area contributed by atoms with Crippen molar-refractivity contribution in [2.45, 2.75) is 37.6 Å². The van der Waals surface area contributed by atoms with Crippen LogP contribution in [0.1, 0.15) is 27.2 Å². The molecule has 2 aromatic heterocycles. The molecular weight excluding hydrogens is 296 g/mol. The number of nitrogens with zero attached hydrogens (tertiary/aromatic N) is 4. The fraction of sp³-hybridized carbons (Fsp3) is 0.562. The van der Waals surface area contributed by atoms with Crippen molar-refractivity contribution in [2.24, 2.45) is 11.8 Å². The Labute approximate surface area is 135 Å². The van der Waals surface area contributed by atoms with Crippen molar-refractivity contribution in [1.82, 2.24) is 19.5 Å². The van der Waals surface area contributed by atoms with Crippen LogP contribution in [0.4, 0.5) is 0 Å². The molecule has 6 heteroatoms. The third-order valence-electron chi connectivity index (χ3n) is 4.09. The number of piperidine rings is 1. The van der Waals surface area contributed by atoms with E-state index >= 15 is 0 Å². The van der Waals surface area contributed by atoms with Gasteiger partial charge < -0.3 is 4.90 Å². The molecule has 22 heavy (non-hydrogen) atoms. The van der Waals surface area contributed by atoms with Crippen molar-refractivity contribution < 1.29 is 4.79 Å².